The molecule has 0 spiro atoms. The van der Waals surface area contributed by atoms with Gasteiger partial charge in [0.15, 0.2) is 0 Å². The molecule has 7 heteroatoms. The van der Waals surface area contributed by atoms with E-state index in [4.69, 9.17) is 5.26 Å². The second-order valence-electron chi connectivity index (χ2n) is 3.21. The largest absolute Gasteiger partial charge is 0.574 e. The van der Waals surface area contributed by atoms with Crippen molar-refractivity contribution in [3.8, 4) is 11.9 Å². The molecule has 0 bridgehead atoms. The van der Waals surface area contributed by atoms with Crippen LogP contribution in [0.4, 0.5) is 13.2 Å². The summed E-state index contributed by atoms with van der Waals surface area (Å²) in [5.74, 6) is -0.478. The van der Waals surface area contributed by atoms with Crippen LogP contribution in [0.2, 0.25) is 0 Å². The van der Waals surface area contributed by atoms with Gasteiger partial charge in [-0.2, -0.15) is 5.26 Å². The minimum atomic E-state index is -4.77. The van der Waals surface area contributed by atoms with Crippen molar-refractivity contribution in [1.82, 2.24) is 4.98 Å². The first-order valence-electron chi connectivity index (χ1n) is 4.55. The van der Waals surface area contributed by atoms with Crippen LogP contribution in [-0.2, 0) is 11.8 Å². The molecule has 0 aliphatic heterocycles. The van der Waals surface area contributed by atoms with E-state index < -0.39 is 12.2 Å². The quantitative estimate of drug-likeness (QED) is 0.805. The summed E-state index contributed by atoms with van der Waals surface area (Å²) in [6.07, 6.45) is -3.44. The molecule has 1 aromatic heterocycles. The number of halogens is 4. The molecule has 0 saturated heterocycles. The lowest BCUT2D eigenvalue weighted by Gasteiger charge is -2.14. The molecular formula is C10H8BrF3N2O. The third-order valence-corrected chi connectivity index (χ3v) is 2.67. The number of hydrogen-bond donors (Lipinski definition) is 0. The van der Waals surface area contributed by atoms with E-state index in [1.165, 1.54) is 13.1 Å². The Labute approximate surface area is 104 Å². The topological polar surface area (TPSA) is 45.9 Å². The van der Waals surface area contributed by atoms with Gasteiger partial charge in [0.1, 0.15) is 0 Å². The van der Waals surface area contributed by atoms with Crippen molar-refractivity contribution >= 4 is 15.9 Å². The molecule has 0 N–H and O–H groups in total. The first-order chi connectivity index (χ1) is 7.89. The van der Waals surface area contributed by atoms with E-state index in [0.717, 1.165) is 0 Å². The third-order valence-electron chi connectivity index (χ3n) is 2.11. The van der Waals surface area contributed by atoms with Crippen LogP contribution in [0.15, 0.2) is 6.20 Å². The van der Waals surface area contributed by atoms with Gasteiger partial charge in [-0.15, -0.1) is 13.2 Å². The van der Waals surface area contributed by atoms with Gasteiger partial charge in [-0.3, -0.25) is 0 Å². The summed E-state index contributed by atoms with van der Waals surface area (Å²) in [7, 11) is 0. The number of nitriles is 1. The van der Waals surface area contributed by atoms with Crippen molar-refractivity contribution in [2.45, 2.75) is 25.0 Å². The van der Waals surface area contributed by atoms with Gasteiger partial charge >= 0.3 is 6.36 Å². The second kappa shape index (κ2) is 5.36. The molecular weight excluding hydrogens is 301 g/mol. The fraction of sp³-hybridized carbons (Fsp3) is 0.400. The second-order valence-corrected chi connectivity index (χ2v) is 3.77. The Morgan fingerprint density at radius 2 is 2.18 bits per heavy atom. The summed E-state index contributed by atoms with van der Waals surface area (Å²) >= 11 is 3.17. The molecule has 3 nitrogen and oxygen atoms in total. The van der Waals surface area contributed by atoms with Crippen molar-refractivity contribution in [2.24, 2.45) is 0 Å². The highest BCUT2D eigenvalue weighted by Crippen LogP contribution is 2.28. The lowest BCUT2D eigenvalue weighted by atomic mass is 10.0. The molecule has 0 amide bonds. The number of pyridine rings is 1. The molecule has 0 aliphatic rings. The normalized spacial score (nSPS) is 11.1. The maximum absolute atomic E-state index is 12.1. The molecule has 0 aromatic carbocycles. The number of rotatable bonds is 3. The maximum Gasteiger partial charge on any atom is 0.574 e. The van der Waals surface area contributed by atoms with Crippen LogP contribution >= 0.6 is 15.9 Å². The molecule has 0 fully saturated rings. The molecule has 0 radical (unpaired) electrons. The Bertz CT molecular complexity index is 454. The lowest BCUT2D eigenvalue weighted by Crippen LogP contribution is -2.19. The van der Waals surface area contributed by atoms with Crippen molar-refractivity contribution in [1.29, 1.82) is 5.26 Å². The average Bonchev–Trinajstić information content (AvgIpc) is 2.21. The van der Waals surface area contributed by atoms with E-state index in [1.807, 2.05) is 6.07 Å². The first kappa shape index (κ1) is 13.8. The van der Waals surface area contributed by atoms with Crippen LogP contribution < -0.4 is 4.74 Å². The molecule has 17 heavy (non-hydrogen) atoms. The highest BCUT2D eigenvalue weighted by atomic mass is 79.9. The van der Waals surface area contributed by atoms with Gasteiger partial charge in [0.25, 0.3) is 0 Å². The highest BCUT2D eigenvalue weighted by Gasteiger charge is 2.33. The smallest absolute Gasteiger partial charge is 0.388 e. The first-order valence-corrected chi connectivity index (χ1v) is 5.67. The van der Waals surface area contributed by atoms with Crippen molar-refractivity contribution in [2.75, 3.05) is 0 Å². The van der Waals surface area contributed by atoms with E-state index in [-0.39, 0.29) is 12.0 Å². The average molecular weight is 309 g/mol. The number of aromatic nitrogens is 1. The molecule has 0 aliphatic carbocycles. The van der Waals surface area contributed by atoms with Gasteiger partial charge in [0.2, 0.25) is 5.88 Å². The zero-order valence-corrected chi connectivity index (χ0v) is 10.4. The molecule has 1 rings (SSSR count). The zero-order valence-electron chi connectivity index (χ0n) is 8.81. The summed E-state index contributed by atoms with van der Waals surface area (Å²) in [5, 5.41) is 8.92. The Hall–Kier alpha value is -1.29. The lowest BCUT2D eigenvalue weighted by molar-refractivity contribution is -0.276. The molecule has 92 valence electrons. The van der Waals surface area contributed by atoms with Gasteiger partial charge in [0, 0.05) is 17.1 Å². The summed E-state index contributed by atoms with van der Waals surface area (Å²) in [5.41, 5.74) is 1.48. The zero-order chi connectivity index (χ0) is 13.1. The van der Waals surface area contributed by atoms with Crippen LogP contribution in [-0.4, -0.2) is 11.3 Å². The molecule has 0 saturated carbocycles. The fourth-order valence-corrected chi connectivity index (χ4v) is 2.10. The summed E-state index contributed by atoms with van der Waals surface area (Å²) in [6, 6.07) is 1.93. The maximum atomic E-state index is 12.1. The van der Waals surface area contributed by atoms with E-state index >= 15 is 0 Å². The van der Waals surface area contributed by atoms with Crippen LogP contribution in [0, 0.1) is 18.3 Å². The van der Waals surface area contributed by atoms with Gasteiger partial charge in [-0.1, -0.05) is 15.9 Å². The van der Waals surface area contributed by atoms with Crippen molar-refractivity contribution in [3.63, 3.8) is 0 Å². The monoisotopic (exact) mass is 308 g/mol. The molecule has 0 unspecified atom stereocenters. The predicted octanol–water partition coefficient (Wildman–Crippen LogP) is 3.25. The van der Waals surface area contributed by atoms with E-state index in [0.29, 0.717) is 16.5 Å². The minimum Gasteiger partial charge on any atom is -0.388 e. The third kappa shape index (κ3) is 3.60. The van der Waals surface area contributed by atoms with E-state index in [9.17, 15) is 13.2 Å². The van der Waals surface area contributed by atoms with Gasteiger partial charge in [0.05, 0.1) is 12.5 Å². The van der Waals surface area contributed by atoms with Crippen LogP contribution in [0.5, 0.6) is 5.88 Å². The SMILES string of the molecule is Cc1c(OC(F)(F)F)ncc(CC#N)c1CBr. The molecule has 1 aromatic rings. The Kier molecular flexibility index (Phi) is 4.34. The minimum absolute atomic E-state index is 0.0983. The van der Waals surface area contributed by atoms with Crippen molar-refractivity contribution in [3.05, 3.63) is 22.9 Å². The van der Waals surface area contributed by atoms with E-state index in [1.54, 1.807) is 0 Å². The Balaban J connectivity index is 3.16. The number of alkyl halides is 4. The van der Waals surface area contributed by atoms with E-state index in [2.05, 4.69) is 25.7 Å². The van der Waals surface area contributed by atoms with Gasteiger partial charge in [-0.05, 0) is 18.1 Å². The summed E-state index contributed by atoms with van der Waals surface area (Å²) < 4.78 is 40.0. The summed E-state index contributed by atoms with van der Waals surface area (Å²) in [4.78, 5) is 3.58. The van der Waals surface area contributed by atoms with Crippen LogP contribution in [0.25, 0.3) is 0 Å². The van der Waals surface area contributed by atoms with Crippen molar-refractivity contribution < 1.29 is 17.9 Å². The Morgan fingerprint density at radius 1 is 1.53 bits per heavy atom. The number of ether oxygens (including phenoxy) is 1. The summed E-state index contributed by atoms with van der Waals surface area (Å²) in [6.45, 7) is 1.48. The molecule has 0 atom stereocenters. The van der Waals surface area contributed by atoms with Gasteiger partial charge in [-0.25, -0.2) is 4.98 Å². The molecule has 1 heterocycles. The Morgan fingerprint density at radius 3 is 2.65 bits per heavy atom. The van der Waals surface area contributed by atoms with Gasteiger partial charge < -0.3 is 4.74 Å². The predicted molar refractivity (Wildman–Crippen MR) is 57.6 cm³/mol. The van der Waals surface area contributed by atoms with Crippen LogP contribution in [0.1, 0.15) is 16.7 Å². The highest BCUT2D eigenvalue weighted by molar-refractivity contribution is 9.08. The number of nitrogens with zero attached hydrogens (tertiary/aromatic N) is 2. The van der Waals surface area contributed by atoms with Crippen LogP contribution in [0.3, 0.4) is 0 Å². The fourth-order valence-electron chi connectivity index (χ4n) is 1.32. The number of hydrogen-bond acceptors (Lipinski definition) is 3. The standard InChI is InChI=1S/C10H8BrF3N2O/c1-6-8(4-11)7(2-3-15)5-16-9(6)17-10(12,13)14/h5H,2,4H2,1H3.